The van der Waals surface area contributed by atoms with Crippen LogP contribution in [0.2, 0.25) is 0 Å². The molecule has 0 aliphatic carbocycles. The fourth-order valence-corrected chi connectivity index (χ4v) is 5.47. The van der Waals surface area contributed by atoms with E-state index in [1.165, 1.54) is 12.1 Å². The molecule has 4 aromatic rings. The Labute approximate surface area is 215 Å². The zero-order valence-electron chi connectivity index (χ0n) is 20.0. The van der Waals surface area contributed by atoms with E-state index in [0.29, 0.717) is 12.1 Å². The van der Waals surface area contributed by atoms with Crippen LogP contribution >= 0.6 is 11.3 Å². The molecule has 3 heterocycles. The number of likely N-dealkylation sites (tertiary alicyclic amines) is 1. The van der Waals surface area contributed by atoms with Crippen LogP contribution in [0.25, 0.3) is 22.6 Å². The molecule has 1 aliphatic rings. The lowest BCUT2D eigenvalue weighted by Gasteiger charge is -2.39. The first-order chi connectivity index (χ1) is 17.7. The Hall–Kier alpha value is -3.57. The maximum Gasteiger partial charge on any atom is 0.471 e. The number of alkyl halides is 3. The second-order valence-corrected chi connectivity index (χ2v) is 10.0. The van der Waals surface area contributed by atoms with Crippen LogP contribution in [0.1, 0.15) is 34.1 Å². The van der Waals surface area contributed by atoms with Gasteiger partial charge in [-0.3, -0.25) is 4.79 Å². The summed E-state index contributed by atoms with van der Waals surface area (Å²) in [6, 6.07) is 16.1. The van der Waals surface area contributed by atoms with E-state index in [9.17, 15) is 18.0 Å². The molecule has 2 aromatic heterocycles. The zero-order chi connectivity index (χ0) is 26.0. The number of carbonyl (C=O) groups is 1. The standard InChI is InChI=1S/C26H24F3N5O2S/c1-34-12-10-25(11-13-34,24-31-20(15-37-24)17-6-3-2-4-7-17)16-30-22(35)19-9-5-8-18(14-19)21-32-23(36-33-21)26(27,28)29/h2-9,14-15H,10-13,16H2,1H3,(H,30,35). The van der Waals surface area contributed by atoms with Gasteiger partial charge in [-0.2, -0.15) is 18.2 Å². The Kier molecular flexibility index (Phi) is 6.82. The minimum absolute atomic E-state index is 0.231. The molecular formula is C26H24F3N5O2S. The largest absolute Gasteiger partial charge is 0.471 e. The maximum atomic E-state index is 13.1. The minimum Gasteiger partial charge on any atom is -0.351 e. The number of carbonyl (C=O) groups excluding carboxylic acids is 1. The van der Waals surface area contributed by atoms with Crippen LogP contribution in [-0.4, -0.2) is 52.6 Å². The fraction of sp³-hybridized carbons (Fsp3) is 0.308. The monoisotopic (exact) mass is 527 g/mol. The molecule has 0 saturated carbocycles. The van der Waals surface area contributed by atoms with Gasteiger partial charge in [-0.15, -0.1) is 11.3 Å². The first-order valence-corrected chi connectivity index (χ1v) is 12.6. The van der Waals surface area contributed by atoms with Gasteiger partial charge in [0.1, 0.15) is 5.01 Å². The number of rotatable bonds is 6. The lowest BCUT2D eigenvalue weighted by Crippen LogP contribution is -2.48. The summed E-state index contributed by atoms with van der Waals surface area (Å²) in [5.41, 5.74) is 2.20. The van der Waals surface area contributed by atoms with Gasteiger partial charge in [0.05, 0.1) is 5.69 Å². The van der Waals surface area contributed by atoms with Crippen molar-refractivity contribution in [3.05, 3.63) is 76.4 Å². The van der Waals surface area contributed by atoms with Gasteiger partial charge in [0.15, 0.2) is 0 Å². The van der Waals surface area contributed by atoms with Crippen molar-refractivity contribution in [3.8, 4) is 22.6 Å². The molecule has 11 heteroatoms. The normalized spacial score (nSPS) is 16.0. The van der Waals surface area contributed by atoms with Crippen LogP contribution in [0.4, 0.5) is 13.2 Å². The Morgan fingerprint density at radius 3 is 2.51 bits per heavy atom. The molecule has 7 nitrogen and oxygen atoms in total. The van der Waals surface area contributed by atoms with Crippen molar-refractivity contribution >= 4 is 17.2 Å². The maximum absolute atomic E-state index is 13.1. The van der Waals surface area contributed by atoms with Crippen molar-refractivity contribution in [3.63, 3.8) is 0 Å². The molecule has 192 valence electrons. The average Bonchev–Trinajstić information content (AvgIpc) is 3.60. The van der Waals surface area contributed by atoms with E-state index in [1.54, 1.807) is 23.5 Å². The van der Waals surface area contributed by atoms with Crippen LogP contribution < -0.4 is 5.32 Å². The van der Waals surface area contributed by atoms with E-state index in [4.69, 9.17) is 4.98 Å². The molecule has 0 spiro atoms. The molecule has 37 heavy (non-hydrogen) atoms. The summed E-state index contributed by atoms with van der Waals surface area (Å²) < 4.78 is 42.8. The Morgan fingerprint density at radius 2 is 1.81 bits per heavy atom. The van der Waals surface area contributed by atoms with E-state index in [-0.39, 0.29) is 22.7 Å². The summed E-state index contributed by atoms with van der Waals surface area (Å²) in [5, 5.41) is 9.49. The molecule has 0 radical (unpaired) electrons. The quantitative estimate of drug-likeness (QED) is 0.368. The summed E-state index contributed by atoms with van der Waals surface area (Å²) in [4.78, 5) is 23.7. The fourth-order valence-electron chi connectivity index (χ4n) is 4.38. The predicted molar refractivity (Wildman–Crippen MR) is 133 cm³/mol. The average molecular weight is 528 g/mol. The second kappa shape index (κ2) is 10.1. The van der Waals surface area contributed by atoms with Gasteiger partial charge >= 0.3 is 12.1 Å². The molecule has 0 unspecified atom stereocenters. The molecule has 0 atom stereocenters. The van der Waals surface area contributed by atoms with Crippen molar-refractivity contribution in [2.45, 2.75) is 24.4 Å². The number of hydrogen-bond donors (Lipinski definition) is 1. The van der Waals surface area contributed by atoms with E-state index in [1.807, 2.05) is 30.3 Å². The third-order valence-electron chi connectivity index (χ3n) is 6.61. The van der Waals surface area contributed by atoms with Gasteiger partial charge in [0.2, 0.25) is 5.82 Å². The highest BCUT2D eigenvalue weighted by molar-refractivity contribution is 7.10. The molecule has 1 amide bonds. The number of halogens is 3. The van der Waals surface area contributed by atoms with Gasteiger partial charge in [-0.05, 0) is 45.1 Å². The zero-order valence-corrected chi connectivity index (χ0v) is 20.8. The summed E-state index contributed by atoms with van der Waals surface area (Å²) in [6.07, 6.45) is -3.05. The first-order valence-electron chi connectivity index (χ1n) is 11.7. The predicted octanol–water partition coefficient (Wildman–Crippen LogP) is 5.27. The number of aromatic nitrogens is 3. The molecular weight excluding hydrogens is 503 g/mol. The van der Waals surface area contributed by atoms with Gasteiger partial charge < -0.3 is 14.7 Å². The summed E-state index contributed by atoms with van der Waals surface area (Å²) in [7, 11) is 2.08. The number of hydrogen-bond acceptors (Lipinski definition) is 7. The number of nitrogens with one attached hydrogen (secondary N) is 1. The number of amides is 1. The highest BCUT2D eigenvalue weighted by atomic mass is 32.1. The Balaban J connectivity index is 1.35. The summed E-state index contributed by atoms with van der Waals surface area (Å²) in [6.45, 7) is 2.15. The molecule has 2 aromatic carbocycles. The molecule has 0 bridgehead atoms. The first kappa shape index (κ1) is 25.1. The van der Waals surface area contributed by atoms with Crippen molar-refractivity contribution in [1.29, 1.82) is 0 Å². The van der Waals surface area contributed by atoms with Gasteiger partial charge in [-0.25, -0.2) is 4.98 Å². The summed E-state index contributed by atoms with van der Waals surface area (Å²) in [5.74, 6) is -2.00. The number of thiazole rings is 1. The number of benzene rings is 2. The highest BCUT2D eigenvalue weighted by Gasteiger charge is 2.39. The SMILES string of the molecule is CN1CCC(CNC(=O)c2cccc(-c3noc(C(F)(F)F)n3)c2)(c2nc(-c3ccccc3)cs2)CC1. The van der Waals surface area contributed by atoms with Crippen molar-refractivity contribution in [2.24, 2.45) is 0 Å². The van der Waals surface area contributed by atoms with Crippen molar-refractivity contribution < 1.29 is 22.5 Å². The topological polar surface area (TPSA) is 84.2 Å². The van der Waals surface area contributed by atoms with Crippen LogP contribution in [-0.2, 0) is 11.6 Å². The van der Waals surface area contributed by atoms with E-state index in [0.717, 1.165) is 42.2 Å². The van der Waals surface area contributed by atoms with Crippen molar-refractivity contribution in [2.75, 3.05) is 26.7 Å². The van der Waals surface area contributed by atoms with E-state index >= 15 is 0 Å². The van der Waals surface area contributed by atoms with Crippen LogP contribution in [0.5, 0.6) is 0 Å². The third kappa shape index (κ3) is 5.42. The number of piperidine rings is 1. The lowest BCUT2D eigenvalue weighted by molar-refractivity contribution is -0.159. The van der Waals surface area contributed by atoms with Gasteiger partial charge in [0, 0.05) is 34.0 Å². The molecule has 1 saturated heterocycles. The smallest absolute Gasteiger partial charge is 0.351 e. The minimum atomic E-state index is -4.74. The van der Waals surface area contributed by atoms with Crippen LogP contribution in [0.3, 0.4) is 0 Å². The molecule has 1 N–H and O–H groups in total. The van der Waals surface area contributed by atoms with Crippen molar-refractivity contribution in [1.82, 2.24) is 25.3 Å². The third-order valence-corrected chi connectivity index (χ3v) is 7.70. The van der Waals surface area contributed by atoms with E-state index < -0.39 is 12.1 Å². The number of nitrogens with zero attached hydrogens (tertiary/aromatic N) is 4. The Morgan fingerprint density at radius 1 is 1.08 bits per heavy atom. The van der Waals surface area contributed by atoms with Crippen LogP contribution in [0, 0.1) is 0 Å². The Bertz CT molecular complexity index is 1380. The van der Waals surface area contributed by atoms with Gasteiger partial charge in [-0.1, -0.05) is 47.6 Å². The van der Waals surface area contributed by atoms with Crippen LogP contribution in [0.15, 0.2) is 64.5 Å². The highest BCUT2D eigenvalue weighted by Crippen LogP contribution is 2.38. The second-order valence-electron chi connectivity index (χ2n) is 9.17. The molecule has 1 fully saturated rings. The molecule has 5 rings (SSSR count). The summed E-state index contributed by atoms with van der Waals surface area (Å²) >= 11 is 1.60. The molecule has 1 aliphatic heterocycles. The lowest BCUT2D eigenvalue weighted by atomic mass is 9.78. The van der Waals surface area contributed by atoms with E-state index in [2.05, 4.69) is 37.3 Å². The van der Waals surface area contributed by atoms with Gasteiger partial charge in [0.25, 0.3) is 5.91 Å².